The molecule has 4 nitrogen and oxygen atoms in total. The van der Waals surface area contributed by atoms with Gasteiger partial charge < -0.3 is 4.74 Å². The zero-order valence-corrected chi connectivity index (χ0v) is 25.4. The van der Waals surface area contributed by atoms with Gasteiger partial charge >= 0.3 is 0 Å². The van der Waals surface area contributed by atoms with Crippen molar-refractivity contribution in [1.29, 1.82) is 0 Å². The number of ether oxygens (including phenoxy) is 1. The molecule has 0 fully saturated rings. The van der Waals surface area contributed by atoms with Gasteiger partial charge in [-0.1, -0.05) is 123 Å². The summed E-state index contributed by atoms with van der Waals surface area (Å²) >= 11 is 6.51. The normalized spacial score (nSPS) is 12.0. The number of nitrogens with one attached hydrogen (secondary N) is 1. The molecule has 4 aromatic carbocycles. The molecule has 0 unspecified atom stereocenters. The molecule has 0 bridgehead atoms. The van der Waals surface area contributed by atoms with E-state index in [1.807, 2.05) is 73.7 Å². The quantitative estimate of drug-likeness (QED) is 0.149. The third-order valence-corrected chi connectivity index (χ3v) is 8.44. The van der Waals surface area contributed by atoms with Crippen LogP contribution >= 0.6 is 11.6 Å². The Morgan fingerprint density at radius 3 is 1.81 bits per heavy atom. The highest BCUT2D eigenvalue weighted by atomic mass is 35.5. The van der Waals surface area contributed by atoms with Gasteiger partial charge in [0.1, 0.15) is 12.4 Å². The Balaban J connectivity index is 1.61. The maximum atomic E-state index is 15.5. The Labute approximate surface area is 256 Å². The molecule has 2 aromatic heterocycles. The molecule has 2 heterocycles. The molecule has 216 valence electrons. The highest BCUT2D eigenvalue weighted by Gasteiger charge is 2.41. The topological polar surface area (TPSA) is 50.8 Å². The zero-order valence-electron chi connectivity index (χ0n) is 24.7. The van der Waals surface area contributed by atoms with Crippen LogP contribution in [0, 0.1) is 12.9 Å². The molecule has 0 amide bonds. The predicted molar refractivity (Wildman–Crippen MR) is 171 cm³/mol. The number of pyridine rings is 1. The summed E-state index contributed by atoms with van der Waals surface area (Å²) in [6.45, 7) is 8.53. The van der Waals surface area contributed by atoms with E-state index >= 15 is 4.39 Å². The minimum atomic E-state index is -0.877. The molecule has 43 heavy (non-hydrogen) atoms. The fourth-order valence-electron chi connectivity index (χ4n) is 6.00. The molecule has 0 atom stereocenters. The molecule has 6 aromatic rings. The number of hydrogen-bond acceptors (Lipinski definition) is 3. The molecule has 0 spiro atoms. The van der Waals surface area contributed by atoms with E-state index in [0.717, 1.165) is 44.5 Å². The van der Waals surface area contributed by atoms with Crippen molar-refractivity contribution in [1.82, 2.24) is 15.2 Å². The van der Waals surface area contributed by atoms with Crippen LogP contribution in [-0.2, 0) is 17.4 Å². The molecular weight excluding hydrogens is 557 g/mol. The van der Waals surface area contributed by atoms with E-state index in [1.165, 1.54) is 0 Å². The first kappa shape index (κ1) is 28.6. The highest BCUT2D eigenvalue weighted by Crippen LogP contribution is 2.48. The van der Waals surface area contributed by atoms with E-state index in [1.54, 1.807) is 6.07 Å². The van der Waals surface area contributed by atoms with Crippen molar-refractivity contribution in [3.05, 3.63) is 159 Å². The Morgan fingerprint density at radius 2 is 1.30 bits per heavy atom. The van der Waals surface area contributed by atoms with Crippen molar-refractivity contribution in [3.8, 4) is 5.75 Å². The van der Waals surface area contributed by atoms with Crippen molar-refractivity contribution in [2.24, 2.45) is 0 Å². The standard InChI is InChI=1S/C37H33ClFN3O/c1-24-20-32(28(21-30(24)38)36(2,3)4)43-23-31-34-29(22-33(39)40-35(34)42-41-31)37(25-14-8-5-9-15-25,26-16-10-6-11-17-26)27-18-12-7-13-19-27/h5-22H,23H2,1-4H3,(H,40,41,42). The molecule has 0 aliphatic carbocycles. The monoisotopic (exact) mass is 589 g/mol. The summed E-state index contributed by atoms with van der Waals surface area (Å²) in [5, 5.41) is 9.03. The van der Waals surface area contributed by atoms with Crippen molar-refractivity contribution in [3.63, 3.8) is 0 Å². The first-order chi connectivity index (χ1) is 20.7. The number of rotatable bonds is 7. The van der Waals surface area contributed by atoms with Gasteiger partial charge in [-0.3, -0.25) is 5.10 Å². The van der Waals surface area contributed by atoms with Crippen molar-refractivity contribution in [2.45, 2.75) is 45.1 Å². The highest BCUT2D eigenvalue weighted by molar-refractivity contribution is 6.31. The molecule has 1 N–H and O–H groups in total. The molecular formula is C37H33ClFN3O. The summed E-state index contributed by atoms with van der Waals surface area (Å²) in [5.41, 5.74) is 5.58. The maximum Gasteiger partial charge on any atom is 0.215 e. The molecule has 0 saturated carbocycles. The first-order valence-electron chi connectivity index (χ1n) is 14.3. The number of benzene rings is 4. The second-order valence-corrected chi connectivity index (χ2v) is 12.3. The number of aromatic amines is 1. The average Bonchev–Trinajstić information content (AvgIpc) is 3.41. The van der Waals surface area contributed by atoms with Crippen LogP contribution in [0.1, 0.15) is 59.8 Å². The molecule has 0 saturated heterocycles. The van der Waals surface area contributed by atoms with Crippen LogP contribution < -0.4 is 4.74 Å². The number of aromatic nitrogens is 3. The van der Waals surface area contributed by atoms with Gasteiger partial charge in [-0.2, -0.15) is 14.5 Å². The van der Waals surface area contributed by atoms with Crippen LogP contribution in [0.2, 0.25) is 5.02 Å². The van der Waals surface area contributed by atoms with Gasteiger partial charge in [0, 0.05) is 10.6 Å². The number of H-pyrrole nitrogens is 1. The van der Waals surface area contributed by atoms with E-state index in [2.05, 4.69) is 72.4 Å². The van der Waals surface area contributed by atoms with Gasteiger partial charge in [-0.05, 0) is 58.4 Å². The second-order valence-electron chi connectivity index (χ2n) is 11.9. The molecule has 0 aliphatic heterocycles. The number of aryl methyl sites for hydroxylation is 1. The van der Waals surface area contributed by atoms with E-state index in [0.29, 0.717) is 16.4 Å². The summed E-state index contributed by atoms with van der Waals surface area (Å²) in [5.74, 6) is 0.145. The maximum absolute atomic E-state index is 15.5. The Hall–Kier alpha value is -4.48. The fourth-order valence-corrected chi connectivity index (χ4v) is 6.16. The fraction of sp³-hybridized carbons (Fsp3) is 0.189. The van der Waals surface area contributed by atoms with Crippen LogP contribution in [-0.4, -0.2) is 15.2 Å². The summed E-state index contributed by atoms with van der Waals surface area (Å²) < 4.78 is 22.0. The largest absolute Gasteiger partial charge is 0.487 e. The zero-order chi connectivity index (χ0) is 30.2. The van der Waals surface area contributed by atoms with Crippen molar-refractivity contribution < 1.29 is 9.13 Å². The lowest BCUT2D eigenvalue weighted by Crippen LogP contribution is -2.31. The van der Waals surface area contributed by atoms with Crippen molar-refractivity contribution in [2.75, 3.05) is 0 Å². The van der Waals surface area contributed by atoms with Crippen molar-refractivity contribution >= 4 is 22.6 Å². The lowest BCUT2D eigenvalue weighted by Gasteiger charge is -2.37. The van der Waals surface area contributed by atoms with Gasteiger partial charge in [-0.25, -0.2) is 0 Å². The second kappa shape index (κ2) is 11.3. The van der Waals surface area contributed by atoms with E-state index in [4.69, 9.17) is 16.3 Å². The van der Waals surface area contributed by atoms with E-state index in [-0.39, 0.29) is 12.0 Å². The predicted octanol–water partition coefficient (Wildman–Crippen LogP) is 9.32. The van der Waals surface area contributed by atoms with Gasteiger partial charge in [0.05, 0.1) is 16.5 Å². The van der Waals surface area contributed by atoms with Gasteiger partial charge in [0.25, 0.3) is 0 Å². The van der Waals surface area contributed by atoms with Gasteiger partial charge in [-0.15, -0.1) is 0 Å². The van der Waals surface area contributed by atoms with Crippen LogP contribution in [0.5, 0.6) is 5.75 Å². The summed E-state index contributed by atoms with van der Waals surface area (Å²) in [7, 11) is 0. The Bertz CT molecular complexity index is 1780. The summed E-state index contributed by atoms with van der Waals surface area (Å²) in [6.07, 6.45) is 0. The Kier molecular flexibility index (Phi) is 7.53. The number of halogens is 2. The number of hydrogen-bond donors (Lipinski definition) is 1. The minimum absolute atomic E-state index is 0.176. The van der Waals surface area contributed by atoms with Gasteiger partial charge in [0.15, 0.2) is 5.65 Å². The first-order valence-corrected chi connectivity index (χ1v) is 14.7. The Morgan fingerprint density at radius 1 is 0.767 bits per heavy atom. The SMILES string of the molecule is Cc1cc(OCc2[nH]nc3nc(F)cc(C(c4ccccc4)(c4ccccc4)c4ccccc4)c23)c(C(C)(C)C)cc1Cl. The molecule has 0 aliphatic rings. The summed E-state index contributed by atoms with van der Waals surface area (Å²) in [4.78, 5) is 4.21. The number of nitrogens with zero attached hydrogens (tertiary/aromatic N) is 2. The lowest BCUT2D eigenvalue weighted by atomic mass is 9.64. The van der Waals surface area contributed by atoms with Gasteiger partial charge in [0.2, 0.25) is 5.95 Å². The minimum Gasteiger partial charge on any atom is -0.487 e. The molecule has 6 rings (SSSR count). The molecule has 0 radical (unpaired) electrons. The lowest BCUT2D eigenvalue weighted by molar-refractivity contribution is 0.294. The molecule has 6 heteroatoms. The number of fused-ring (bicyclic) bond motifs is 1. The van der Waals surface area contributed by atoms with Crippen LogP contribution in [0.3, 0.4) is 0 Å². The average molecular weight is 590 g/mol. The smallest absolute Gasteiger partial charge is 0.215 e. The third-order valence-electron chi connectivity index (χ3n) is 8.03. The van der Waals surface area contributed by atoms with Crippen LogP contribution in [0.25, 0.3) is 11.0 Å². The third kappa shape index (κ3) is 5.19. The summed E-state index contributed by atoms with van der Waals surface area (Å²) in [6, 6.07) is 36.1. The van der Waals surface area contributed by atoms with Crippen LogP contribution in [0.15, 0.2) is 109 Å². The van der Waals surface area contributed by atoms with E-state index < -0.39 is 11.4 Å². The van der Waals surface area contributed by atoms with Crippen LogP contribution in [0.4, 0.5) is 4.39 Å². The van der Waals surface area contributed by atoms with E-state index in [9.17, 15) is 0 Å².